The summed E-state index contributed by atoms with van der Waals surface area (Å²) in [7, 11) is 7.72. The first-order valence-electron chi connectivity index (χ1n) is 10.9. The number of phenols is 1. The lowest BCUT2D eigenvalue weighted by Gasteiger charge is -2.13. The summed E-state index contributed by atoms with van der Waals surface area (Å²) in [5, 5.41) is 13.0. The van der Waals surface area contributed by atoms with Crippen LogP contribution in [0, 0.1) is 0 Å². The Hall–Kier alpha value is -4.59. The van der Waals surface area contributed by atoms with E-state index < -0.39 is 0 Å². The van der Waals surface area contributed by atoms with Crippen LogP contribution in [-0.4, -0.2) is 46.4 Å². The lowest BCUT2D eigenvalue weighted by Crippen LogP contribution is -1.98. The summed E-state index contributed by atoms with van der Waals surface area (Å²) < 4.78 is 26.6. The quantitative estimate of drug-likeness (QED) is 0.209. The van der Waals surface area contributed by atoms with Crippen LogP contribution in [0.25, 0.3) is 12.2 Å². The number of carbonyl (C=O) groups excluding carboxylic acids is 1. The van der Waals surface area contributed by atoms with Crippen molar-refractivity contribution in [3.8, 4) is 34.5 Å². The molecule has 3 aromatic carbocycles. The summed E-state index contributed by atoms with van der Waals surface area (Å²) in [5.41, 5.74) is 2.77. The minimum Gasteiger partial charge on any atom is -0.504 e. The third kappa shape index (κ3) is 6.09. The highest BCUT2D eigenvalue weighted by Crippen LogP contribution is 2.38. The minimum absolute atomic E-state index is 0.0991. The highest BCUT2D eigenvalue weighted by Gasteiger charge is 2.12. The Morgan fingerprint density at radius 3 is 1.92 bits per heavy atom. The lowest BCUT2D eigenvalue weighted by molar-refractivity contribution is 0.104. The van der Waals surface area contributed by atoms with Crippen molar-refractivity contribution in [1.29, 1.82) is 0 Å². The Balaban J connectivity index is 1.79. The zero-order valence-electron chi connectivity index (χ0n) is 20.8. The summed E-state index contributed by atoms with van der Waals surface area (Å²) in [5.74, 6) is 2.19. The molecule has 0 aliphatic carbocycles. The van der Waals surface area contributed by atoms with E-state index >= 15 is 0 Å². The molecule has 0 amide bonds. The van der Waals surface area contributed by atoms with E-state index in [1.54, 1.807) is 34.5 Å². The van der Waals surface area contributed by atoms with Crippen molar-refractivity contribution in [2.24, 2.45) is 0 Å². The van der Waals surface area contributed by atoms with Gasteiger partial charge < -0.3 is 34.1 Å². The first-order valence-corrected chi connectivity index (χ1v) is 10.9. The number of aromatic hydroxyl groups is 1. The molecule has 36 heavy (non-hydrogen) atoms. The van der Waals surface area contributed by atoms with Crippen LogP contribution >= 0.6 is 0 Å². The largest absolute Gasteiger partial charge is 0.504 e. The van der Waals surface area contributed by atoms with Gasteiger partial charge in [0.2, 0.25) is 5.75 Å². The van der Waals surface area contributed by atoms with Gasteiger partial charge in [-0.25, -0.2) is 0 Å². The van der Waals surface area contributed by atoms with Crippen LogP contribution in [0.2, 0.25) is 0 Å². The summed E-state index contributed by atoms with van der Waals surface area (Å²) in [4.78, 5) is 12.5. The average molecular weight is 492 g/mol. The molecule has 0 aromatic heterocycles. The summed E-state index contributed by atoms with van der Waals surface area (Å²) in [6.45, 7) is 0. The lowest BCUT2D eigenvalue weighted by atomic mass is 10.1. The van der Waals surface area contributed by atoms with Gasteiger partial charge in [-0.1, -0.05) is 18.2 Å². The number of nitrogens with one attached hydrogen (secondary N) is 1. The molecule has 0 saturated carbocycles. The van der Waals surface area contributed by atoms with Crippen molar-refractivity contribution in [2.75, 3.05) is 40.9 Å². The van der Waals surface area contributed by atoms with Gasteiger partial charge >= 0.3 is 0 Å². The fourth-order valence-electron chi connectivity index (χ4n) is 3.48. The maximum absolute atomic E-state index is 12.5. The predicted molar refractivity (Wildman–Crippen MR) is 140 cm³/mol. The van der Waals surface area contributed by atoms with Crippen LogP contribution in [0.15, 0.2) is 60.8 Å². The Morgan fingerprint density at radius 1 is 0.722 bits per heavy atom. The SMILES string of the molecule is COc1ccc(C(=O)C=CNc2cc(C=Cc3cc(OC)c(OC)c(OC)c3)ccc2OC)cc1O. The number of rotatable bonds is 11. The van der Waals surface area contributed by atoms with Crippen molar-refractivity contribution in [3.05, 3.63) is 77.5 Å². The number of phenolic OH excluding ortho intramolecular Hbond substituents is 1. The van der Waals surface area contributed by atoms with E-state index in [-0.39, 0.29) is 11.5 Å². The van der Waals surface area contributed by atoms with E-state index in [9.17, 15) is 9.90 Å². The second kappa shape index (κ2) is 12.2. The highest BCUT2D eigenvalue weighted by atomic mass is 16.5. The number of hydrogen-bond donors (Lipinski definition) is 2. The molecule has 0 saturated heterocycles. The standard InChI is InChI=1S/C28H29NO7/c1-32-24-10-8-18(6-7-19-15-26(34-3)28(36-5)27(16-19)35-4)14-21(24)29-13-12-22(30)20-9-11-25(33-2)23(31)17-20/h6-17,29,31H,1-5H3. The molecule has 0 aliphatic heterocycles. The van der Waals surface area contributed by atoms with Crippen molar-refractivity contribution >= 4 is 23.6 Å². The van der Waals surface area contributed by atoms with Gasteiger partial charge in [0.15, 0.2) is 28.8 Å². The van der Waals surface area contributed by atoms with E-state index in [0.29, 0.717) is 40.0 Å². The summed E-state index contributed by atoms with van der Waals surface area (Å²) in [6, 6.07) is 13.8. The minimum atomic E-state index is -0.280. The van der Waals surface area contributed by atoms with Crippen LogP contribution in [0.1, 0.15) is 21.5 Å². The average Bonchev–Trinajstić information content (AvgIpc) is 2.91. The summed E-state index contributed by atoms with van der Waals surface area (Å²) >= 11 is 0. The molecular weight excluding hydrogens is 462 g/mol. The predicted octanol–water partition coefficient (Wildman–Crippen LogP) is 5.41. The zero-order valence-corrected chi connectivity index (χ0v) is 20.8. The molecule has 0 fully saturated rings. The van der Waals surface area contributed by atoms with Crippen LogP contribution in [0.5, 0.6) is 34.5 Å². The molecule has 0 heterocycles. The number of allylic oxidation sites excluding steroid dienone is 1. The molecule has 3 aromatic rings. The van der Waals surface area contributed by atoms with E-state index in [2.05, 4.69) is 5.32 Å². The second-order valence-corrected chi connectivity index (χ2v) is 7.48. The number of methoxy groups -OCH3 is 5. The van der Waals surface area contributed by atoms with E-state index in [1.807, 2.05) is 42.5 Å². The molecule has 2 N–H and O–H groups in total. The molecular formula is C28H29NO7. The van der Waals surface area contributed by atoms with Crippen molar-refractivity contribution in [1.82, 2.24) is 0 Å². The number of anilines is 1. The molecule has 188 valence electrons. The fourth-order valence-corrected chi connectivity index (χ4v) is 3.48. The van der Waals surface area contributed by atoms with Gasteiger partial charge in [-0.2, -0.15) is 0 Å². The van der Waals surface area contributed by atoms with Crippen LogP contribution in [0.4, 0.5) is 5.69 Å². The Morgan fingerprint density at radius 2 is 1.33 bits per heavy atom. The topological polar surface area (TPSA) is 95.5 Å². The number of hydrogen-bond acceptors (Lipinski definition) is 8. The van der Waals surface area contributed by atoms with E-state index in [0.717, 1.165) is 11.1 Å². The first kappa shape index (κ1) is 26.0. The normalized spacial score (nSPS) is 10.9. The Labute approximate surface area is 210 Å². The highest BCUT2D eigenvalue weighted by molar-refractivity contribution is 6.05. The molecule has 0 spiro atoms. The van der Waals surface area contributed by atoms with Crippen molar-refractivity contribution < 1.29 is 33.6 Å². The van der Waals surface area contributed by atoms with Gasteiger partial charge in [-0.05, 0) is 53.6 Å². The number of carbonyl (C=O) groups is 1. The van der Waals surface area contributed by atoms with Gasteiger partial charge in [-0.3, -0.25) is 4.79 Å². The molecule has 0 bridgehead atoms. The maximum atomic E-state index is 12.5. The first-order chi connectivity index (χ1) is 17.4. The van der Waals surface area contributed by atoms with Gasteiger partial charge in [0.25, 0.3) is 0 Å². The van der Waals surface area contributed by atoms with Gasteiger partial charge in [-0.15, -0.1) is 0 Å². The third-order valence-corrected chi connectivity index (χ3v) is 5.32. The molecule has 3 rings (SSSR count). The summed E-state index contributed by atoms with van der Waals surface area (Å²) in [6.07, 6.45) is 6.75. The Kier molecular flexibility index (Phi) is 8.83. The number of ketones is 1. The monoisotopic (exact) mass is 491 g/mol. The molecule has 8 heteroatoms. The Bertz CT molecular complexity index is 1260. The third-order valence-electron chi connectivity index (χ3n) is 5.32. The molecule has 8 nitrogen and oxygen atoms in total. The fraction of sp³-hybridized carbons (Fsp3) is 0.179. The van der Waals surface area contributed by atoms with Crippen molar-refractivity contribution in [3.63, 3.8) is 0 Å². The van der Waals surface area contributed by atoms with Crippen LogP contribution in [-0.2, 0) is 0 Å². The van der Waals surface area contributed by atoms with E-state index in [1.165, 1.54) is 31.5 Å². The molecule has 0 unspecified atom stereocenters. The second-order valence-electron chi connectivity index (χ2n) is 7.48. The zero-order chi connectivity index (χ0) is 26.1. The molecule has 0 aliphatic rings. The smallest absolute Gasteiger partial charge is 0.203 e. The van der Waals surface area contributed by atoms with Crippen LogP contribution in [0.3, 0.4) is 0 Å². The molecule has 0 radical (unpaired) electrons. The van der Waals surface area contributed by atoms with Gasteiger partial charge in [0, 0.05) is 17.8 Å². The molecule has 0 atom stereocenters. The van der Waals surface area contributed by atoms with Gasteiger partial charge in [0.1, 0.15) is 5.75 Å². The van der Waals surface area contributed by atoms with Crippen molar-refractivity contribution in [2.45, 2.75) is 0 Å². The van der Waals surface area contributed by atoms with Crippen LogP contribution < -0.4 is 29.0 Å². The number of ether oxygens (including phenoxy) is 5. The number of benzene rings is 3. The van der Waals surface area contributed by atoms with Gasteiger partial charge in [0.05, 0.1) is 41.2 Å². The van der Waals surface area contributed by atoms with E-state index in [4.69, 9.17) is 23.7 Å². The maximum Gasteiger partial charge on any atom is 0.203 e.